The van der Waals surface area contributed by atoms with Gasteiger partial charge < -0.3 is 10.2 Å². The highest BCUT2D eigenvalue weighted by Gasteiger charge is 2.43. The average Bonchev–Trinajstić information content (AvgIpc) is 2.76. The fourth-order valence-electron chi connectivity index (χ4n) is 3.31. The minimum Gasteiger partial charge on any atom is -0.342 e. The van der Waals surface area contributed by atoms with Crippen LogP contribution in [0.15, 0.2) is 0 Å². The Morgan fingerprint density at radius 1 is 1.35 bits per heavy atom. The molecule has 0 radical (unpaired) electrons. The van der Waals surface area contributed by atoms with Gasteiger partial charge in [-0.3, -0.25) is 4.79 Å². The molecule has 1 unspecified atom stereocenters. The molecule has 3 nitrogen and oxygen atoms in total. The van der Waals surface area contributed by atoms with Gasteiger partial charge in [0.15, 0.2) is 0 Å². The molecular weight excluding hydrogens is 212 g/mol. The fourth-order valence-corrected chi connectivity index (χ4v) is 3.31. The summed E-state index contributed by atoms with van der Waals surface area (Å²) in [5, 5.41) is 3.36. The van der Waals surface area contributed by atoms with Crippen LogP contribution in [0.2, 0.25) is 0 Å². The van der Waals surface area contributed by atoms with Crippen LogP contribution < -0.4 is 5.32 Å². The molecule has 0 saturated carbocycles. The van der Waals surface area contributed by atoms with E-state index in [0.29, 0.717) is 11.3 Å². The Kier molecular flexibility index (Phi) is 3.48. The van der Waals surface area contributed by atoms with E-state index < -0.39 is 0 Å². The molecule has 2 aliphatic rings. The molecule has 0 aromatic rings. The Hall–Kier alpha value is -0.570. The van der Waals surface area contributed by atoms with E-state index in [4.69, 9.17) is 0 Å². The Bertz CT molecular complexity index is 293. The molecule has 2 aliphatic heterocycles. The van der Waals surface area contributed by atoms with E-state index in [9.17, 15) is 4.79 Å². The van der Waals surface area contributed by atoms with E-state index in [-0.39, 0.29) is 5.41 Å². The molecule has 2 rings (SSSR count). The van der Waals surface area contributed by atoms with E-state index >= 15 is 0 Å². The molecule has 2 fully saturated rings. The smallest absolute Gasteiger partial charge is 0.230 e. The monoisotopic (exact) mass is 238 g/mol. The largest absolute Gasteiger partial charge is 0.342 e. The lowest BCUT2D eigenvalue weighted by atomic mass is 9.79. The first-order valence-electron chi connectivity index (χ1n) is 6.99. The van der Waals surface area contributed by atoms with Crippen LogP contribution in [0.25, 0.3) is 0 Å². The number of carbonyl (C=O) groups excluding carboxylic acids is 1. The number of hydrogen-bond donors (Lipinski definition) is 1. The van der Waals surface area contributed by atoms with Gasteiger partial charge in [0.05, 0.1) is 5.41 Å². The first kappa shape index (κ1) is 12.9. The third kappa shape index (κ3) is 2.49. The third-order valence-electron chi connectivity index (χ3n) is 4.56. The van der Waals surface area contributed by atoms with Gasteiger partial charge in [0.1, 0.15) is 0 Å². The second kappa shape index (κ2) is 4.60. The zero-order valence-corrected chi connectivity index (χ0v) is 11.5. The average molecular weight is 238 g/mol. The van der Waals surface area contributed by atoms with Crippen LogP contribution in [0, 0.1) is 10.8 Å². The first-order valence-corrected chi connectivity index (χ1v) is 6.99. The molecule has 3 heteroatoms. The summed E-state index contributed by atoms with van der Waals surface area (Å²) in [4.78, 5) is 14.9. The Morgan fingerprint density at radius 3 is 2.65 bits per heavy atom. The van der Waals surface area contributed by atoms with Gasteiger partial charge in [0, 0.05) is 19.6 Å². The van der Waals surface area contributed by atoms with Crippen LogP contribution in [0.5, 0.6) is 0 Å². The summed E-state index contributed by atoms with van der Waals surface area (Å²) < 4.78 is 0. The van der Waals surface area contributed by atoms with E-state index in [1.807, 2.05) is 0 Å². The van der Waals surface area contributed by atoms with Gasteiger partial charge in [-0.15, -0.1) is 0 Å². The number of likely N-dealkylation sites (tertiary alicyclic amines) is 1. The Balaban J connectivity index is 2.08. The molecule has 0 aliphatic carbocycles. The minimum absolute atomic E-state index is 0.104. The number of nitrogens with zero attached hydrogens (tertiary/aromatic N) is 1. The molecular formula is C14H26N2O. The highest BCUT2D eigenvalue weighted by atomic mass is 16.2. The van der Waals surface area contributed by atoms with Gasteiger partial charge in [-0.1, -0.05) is 20.8 Å². The predicted molar refractivity (Wildman–Crippen MR) is 69.8 cm³/mol. The van der Waals surface area contributed by atoms with Crippen LogP contribution in [-0.4, -0.2) is 37.0 Å². The lowest BCUT2D eigenvalue weighted by Crippen LogP contribution is -2.50. The van der Waals surface area contributed by atoms with Gasteiger partial charge in [0.2, 0.25) is 5.91 Å². The Labute approximate surface area is 105 Å². The molecule has 0 spiro atoms. The van der Waals surface area contributed by atoms with Crippen molar-refractivity contribution >= 4 is 5.91 Å². The summed E-state index contributed by atoms with van der Waals surface area (Å²) in [7, 11) is 0. The van der Waals surface area contributed by atoms with Gasteiger partial charge >= 0.3 is 0 Å². The maximum atomic E-state index is 12.7. The number of carbonyl (C=O) groups is 1. The van der Waals surface area contributed by atoms with Crippen LogP contribution in [0.4, 0.5) is 0 Å². The predicted octanol–water partition coefficient (Wildman–Crippen LogP) is 2.02. The molecule has 98 valence electrons. The van der Waals surface area contributed by atoms with Gasteiger partial charge in [0.25, 0.3) is 0 Å². The zero-order valence-electron chi connectivity index (χ0n) is 11.5. The van der Waals surface area contributed by atoms with Gasteiger partial charge in [-0.2, -0.15) is 0 Å². The van der Waals surface area contributed by atoms with Crippen molar-refractivity contribution in [3.8, 4) is 0 Å². The van der Waals surface area contributed by atoms with Crippen molar-refractivity contribution in [3.05, 3.63) is 0 Å². The minimum atomic E-state index is -0.104. The highest BCUT2D eigenvalue weighted by Crippen LogP contribution is 2.35. The number of hydrogen-bond acceptors (Lipinski definition) is 2. The van der Waals surface area contributed by atoms with Crippen molar-refractivity contribution in [2.24, 2.45) is 10.8 Å². The van der Waals surface area contributed by atoms with Crippen LogP contribution in [0.1, 0.15) is 46.5 Å². The van der Waals surface area contributed by atoms with Crippen molar-refractivity contribution < 1.29 is 4.79 Å². The van der Waals surface area contributed by atoms with Gasteiger partial charge in [-0.25, -0.2) is 0 Å². The maximum absolute atomic E-state index is 12.7. The van der Waals surface area contributed by atoms with Crippen molar-refractivity contribution in [1.29, 1.82) is 0 Å². The maximum Gasteiger partial charge on any atom is 0.230 e. The van der Waals surface area contributed by atoms with Crippen molar-refractivity contribution in [3.63, 3.8) is 0 Å². The Morgan fingerprint density at radius 2 is 2.12 bits per heavy atom. The summed E-state index contributed by atoms with van der Waals surface area (Å²) in [5.41, 5.74) is 0.197. The molecule has 1 atom stereocenters. The molecule has 0 aromatic heterocycles. The lowest BCUT2D eigenvalue weighted by molar-refractivity contribution is -0.144. The topological polar surface area (TPSA) is 32.3 Å². The molecule has 0 aromatic carbocycles. The fraction of sp³-hybridized carbons (Fsp3) is 0.929. The first-order chi connectivity index (χ1) is 7.99. The van der Waals surface area contributed by atoms with E-state index in [0.717, 1.165) is 45.4 Å². The summed E-state index contributed by atoms with van der Waals surface area (Å²) in [5.74, 6) is 0.401. The summed E-state index contributed by atoms with van der Waals surface area (Å²) in [6.07, 6.45) is 4.38. The SMILES string of the molecule is CCC1(C(=O)N2CCCC(C)(C)C2)CCNC1. The quantitative estimate of drug-likeness (QED) is 0.798. The molecule has 17 heavy (non-hydrogen) atoms. The van der Waals surface area contributed by atoms with E-state index in [1.54, 1.807) is 0 Å². The van der Waals surface area contributed by atoms with Crippen molar-refractivity contribution in [1.82, 2.24) is 10.2 Å². The zero-order chi connectivity index (χ0) is 12.5. The van der Waals surface area contributed by atoms with Crippen LogP contribution in [0.3, 0.4) is 0 Å². The van der Waals surface area contributed by atoms with Crippen LogP contribution >= 0.6 is 0 Å². The molecule has 1 N–H and O–H groups in total. The van der Waals surface area contributed by atoms with E-state index in [2.05, 4.69) is 31.0 Å². The second-order valence-corrected chi connectivity index (χ2v) is 6.56. The summed E-state index contributed by atoms with van der Waals surface area (Å²) >= 11 is 0. The molecule has 1 amide bonds. The van der Waals surface area contributed by atoms with Crippen LogP contribution in [-0.2, 0) is 4.79 Å². The van der Waals surface area contributed by atoms with Gasteiger partial charge in [-0.05, 0) is 37.6 Å². The summed E-state index contributed by atoms with van der Waals surface area (Å²) in [6.45, 7) is 10.5. The molecule has 2 saturated heterocycles. The number of nitrogens with one attached hydrogen (secondary N) is 1. The third-order valence-corrected chi connectivity index (χ3v) is 4.56. The van der Waals surface area contributed by atoms with Crippen molar-refractivity contribution in [2.75, 3.05) is 26.2 Å². The van der Waals surface area contributed by atoms with E-state index in [1.165, 1.54) is 6.42 Å². The second-order valence-electron chi connectivity index (χ2n) is 6.56. The number of rotatable bonds is 2. The normalized spacial score (nSPS) is 32.8. The molecule has 0 bridgehead atoms. The lowest BCUT2D eigenvalue weighted by Gasteiger charge is -2.42. The number of amides is 1. The summed E-state index contributed by atoms with van der Waals surface area (Å²) in [6, 6.07) is 0. The standard InChI is InChI=1S/C14H26N2O/c1-4-14(7-8-15-10-14)12(17)16-9-5-6-13(2,3)11-16/h15H,4-11H2,1-3H3. The van der Waals surface area contributed by atoms with Crippen molar-refractivity contribution in [2.45, 2.75) is 46.5 Å². The number of piperidine rings is 1. The molecule has 2 heterocycles. The highest BCUT2D eigenvalue weighted by molar-refractivity contribution is 5.83.